The molecule has 3 aromatic rings. The van der Waals surface area contributed by atoms with Crippen LogP contribution in [0.25, 0.3) is 0 Å². The highest BCUT2D eigenvalue weighted by Gasteiger charge is 2.22. The van der Waals surface area contributed by atoms with Crippen LogP contribution in [0.5, 0.6) is 5.75 Å². The highest BCUT2D eigenvalue weighted by Crippen LogP contribution is 2.23. The lowest BCUT2D eigenvalue weighted by Crippen LogP contribution is -2.15. The Morgan fingerprint density at radius 3 is 2.54 bits per heavy atom. The second-order valence-corrected chi connectivity index (χ2v) is 7.28. The number of sulfonamides is 1. The van der Waals surface area contributed by atoms with Crippen molar-refractivity contribution in [3.05, 3.63) is 54.0 Å². The Hall–Kier alpha value is -3.07. The molecule has 0 bridgehead atoms. The topological polar surface area (TPSA) is 109 Å². The predicted octanol–water partition coefficient (Wildman–Crippen LogP) is 2.97. The molecule has 0 atom stereocenters. The first-order valence-electron chi connectivity index (χ1n) is 7.80. The van der Waals surface area contributed by atoms with E-state index in [2.05, 4.69) is 25.2 Å². The summed E-state index contributed by atoms with van der Waals surface area (Å²) in [4.78, 5) is 4.29. The number of aryl methyl sites for hydroxylation is 2. The van der Waals surface area contributed by atoms with Crippen molar-refractivity contribution >= 4 is 27.2 Å². The van der Waals surface area contributed by atoms with Crippen molar-refractivity contribution in [2.75, 3.05) is 17.1 Å². The van der Waals surface area contributed by atoms with Gasteiger partial charge in [0.25, 0.3) is 10.0 Å². The molecule has 0 saturated carbocycles. The lowest BCUT2D eigenvalue weighted by Gasteiger charge is -2.10. The van der Waals surface area contributed by atoms with Crippen LogP contribution in [0, 0.1) is 13.8 Å². The van der Waals surface area contributed by atoms with E-state index >= 15 is 0 Å². The molecule has 3 rings (SSSR count). The molecule has 3 N–H and O–H groups in total. The average Bonchev–Trinajstić information content (AvgIpc) is 2.96. The lowest BCUT2D eigenvalue weighted by molar-refractivity contribution is 0.415. The van der Waals surface area contributed by atoms with Crippen LogP contribution in [-0.2, 0) is 10.0 Å². The van der Waals surface area contributed by atoms with Gasteiger partial charge >= 0.3 is 0 Å². The molecule has 0 aliphatic rings. The predicted molar refractivity (Wildman–Crippen MR) is 99.4 cm³/mol. The smallest absolute Gasteiger partial charge is 0.266 e. The van der Waals surface area contributed by atoms with Crippen LogP contribution in [0.4, 0.5) is 17.2 Å². The lowest BCUT2D eigenvalue weighted by atomic mass is 10.3. The molecule has 0 aliphatic heterocycles. The SMILES string of the molecule is COc1cccc(Nc2ccc(NS(=O)(=O)c3c(C)n[nH]c3C)nc2)c1. The number of rotatable bonds is 6. The fourth-order valence-electron chi connectivity index (χ4n) is 2.52. The van der Waals surface area contributed by atoms with Gasteiger partial charge in [-0.2, -0.15) is 5.10 Å². The summed E-state index contributed by atoms with van der Waals surface area (Å²) in [6, 6.07) is 10.8. The number of methoxy groups -OCH3 is 1. The minimum absolute atomic E-state index is 0.137. The van der Waals surface area contributed by atoms with Crippen LogP contribution in [0.1, 0.15) is 11.4 Å². The van der Waals surface area contributed by atoms with Crippen LogP contribution >= 0.6 is 0 Å². The molecule has 1 aromatic carbocycles. The first kappa shape index (κ1) is 17.7. The highest BCUT2D eigenvalue weighted by atomic mass is 32.2. The van der Waals surface area contributed by atoms with Crippen molar-refractivity contribution in [3.63, 3.8) is 0 Å². The van der Waals surface area contributed by atoms with E-state index in [9.17, 15) is 8.42 Å². The monoisotopic (exact) mass is 373 g/mol. The standard InChI is InChI=1S/C17H19N5O3S/c1-11-17(12(2)21-20-11)26(23,24)22-16-8-7-14(10-18-16)19-13-5-4-6-15(9-13)25-3/h4-10,19H,1-3H3,(H,18,22)(H,20,21). The van der Waals surface area contributed by atoms with Gasteiger partial charge in [-0.3, -0.25) is 9.82 Å². The van der Waals surface area contributed by atoms with Gasteiger partial charge in [-0.15, -0.1) is 0 Å². The van der Waals surface area contributed by atoms with Gasteiger partial charge in [0.15, 0.2) is 0 Å². The molecule has 2 heterocycles. The van der Waals surface area contributed by atoms with Crippen LogP contribution in [0.3, 0.4) is 0 Å². The molecule has 8 nitrogen and oxygen atoms in total. The summed E-state index contributed by atoms with van der Waals surface area (Å²) in [5, 5.41) is 9.76. The average molecular weight is 373 g/mol. The molecule has 0 fully saturated rings. The van der Waals surface area contributed by atoms with Crippen molar-refractivity contribution in [1.29, 1.82) is 0 Å². The Labute approximate surface area is 151 Å². The summed E-state index contributed by atoms with van der Waals surface area (Å²) in [5.74, 6) is 0.958. The van der Waals surface area contributed by atoms with E-state index in [1.54, 1.807) is 39.3 Å². The summed E-state index contributed by atoms with van der Waals surface area (Å²) in [5.41, 5.74) is 2.44. The first-order valence-corrected chi connectivity index (χ1v) is 9.29. The third-order valence-electron chi connectivity index (χ3n) is 3.69. The van der Waals surface area contributed by atoms with Crippen molar-refractivity contribution in [2.24, 2.45) is 0 Å². The Bertz CT molecular complexity index is 994. The van der Waals surface area contributed by atoms with Gasteiger partial charge in [0.1, 0.15) is 16.5 Å². The molecule has 9 heteroatoms. The summed E-state index contributed by atoms with van der Waals surface area (Å²) in [7, 11) is -2.15. The number of H-pyrrole nitrogens is 1. The van der Waals surface area contributed by atoms with Gasteiger partial charge < -0.3 is 10.1 Å². The first-order chi connectivity index (χ1) is 12.4. The van der Waals surface area contributed by atoms with Gasteiger partial charge in [-0.1, -0.05) is 6.07 Å². The molecule has 26 heavy (non-hydrogen) atoms. The van der Waals surface area contributed by atoms with E-state index in [1.807, 2.05) is 24.3 Å². The molecule has 0 aliphatic carbocycles. The zero-order valence-corrected chi connectivity index (χ0v) is 15.4. The van der Waals surface area contributed by atoms with E-state index in [-0.39, 0.29) is 10.7 Å². The Kier molecular flexibility index (Phi) is 4.81. The van der Waals surface area contributed by atoms with E-state index in [0.717, 1.165) is 17.1 Å². The zero-order chi connectivity index (χ0) is 18.7. The van der Waals surface area contributed by atoms with E-state index in [4.69, 9.17) is 4.74 Å². The minimum atomic E-state index is -3.76. The summed E-state index contributed by atoms with van der Waals surface area (Å²) >= 11 is 0. The maximum atomic E-state index is 12.5. The molecule has 0 saturated heterocycles. The van der Waals surface area contributed by atoms with Crippen molar-refractivity contribution in [3.8, 4) is 5.75 Å². The Balaban J connectivity index is 1.75. The van der Waals surface area contributed by atoms with Crippen LogP contribution < -0.4 is 14.8 Å². The quantitative estimate of drug-likeness (QED) is 0.613. The van der Waals surface area contributed by atoms with E-state index < -0.39 is 10.0 Å². The van der Waals surface area contributed by atoms with Gasteiger partial charge in [-0.25, -0.2) is 13.4 Å². The Morgan fingerprint density at radius 1 is 1.12 bits per heavy atom. The number of ether oxygens (including phenoxy) is 1. The third kappa shape index (κ3) is 3.77. The maximum absolute atomic E-state index is 12.5. The second-order valence-electron chi connectivity index (χ2n) is 5.66. The van der Waals surface area contributed by atoms with Crippen LogP contribution in [-0.4, -0.2) is 30.7 Å². The van der Waals surface area contributed by atoms with Gasteiger partial charge in [0.05, 0.1) is 30.4 Å². The molecular weight excluding hydrogens is 354 g/mol. The number of nitrogens with zero attached hydrogens (tertiary/aromatic N) is 2. The number of anilines is 3. The number of hydrogen-bond donors (Lipinski definition) is 3. The molecule has 0 amide bonds. The molecule has 2 aromatic heterocycles. The van der Waals surface area contributed by atoms with E-state index in [0.29, 0.717) is 11.4 Å². The number of benzene rings is 1. The zero-order valence-electron chi connectivity index (χ0n) is 14.6. The van der Waals surface area contributed by atoms with Crippen LogP contribution in [0.2, 0.25) is 0 Å². The summed E-state index contributed by atoms with van der Waals surface area (Å²) in [6.07, 6.45) is 1.55. The van der Waals surface area contributed by atoms with Gasteiger partial charge in [-0.05, 0) is 38.1 Å². The van der Waals surface area contributed by atoms with Gasteiger partial charge in [0, 0.05) is 11.8 Å². The fourth-order valence-corrected chi connectivity index (χ4v) is 3.90. The summed E-state index contributed by atoms with van der Waals surface area (Å²) < 4.78 is 32.7. The normalized spacial score (nSPS) is 11.2. The van der Waals surface area contributed by atoms with Crippen molar-refractivity contribution in [1.82, 2.24) is 15.2 Å². The molecule has 0 radical (unpaired) electrons. The highest BCUT2D eigenvalue weighted by molar-refractivity contribution is 7.92. The molecule has 0 spiro atoms. The number of pyridine rings is 1. The van der Waals surface area contributed by atoms with Crippen molar-refractivity contribution < 1.29 is 13.2 Å². The fraction of sp³-hybridized carbons (Fsp3) is 0.176. The summed E-state index contributed by atoms with van der Waals surface area (Å²) in [6.45, 7) is 3.29. The number of hydrogen-bond acceptors (Lipinski definition) is 6. The number of aromatic amines is 1. The molecule has 136 valence electrons. The van der Waals surface area contributed by atoms with Crippen molar-refractivity contribution in [2.45, 2.75) is 18.7 Å². The Morgan fingerprint density at radius 2 is 1.92 bits per heavy atom. The molecular formula is C17H19N5O3S. The van der Waals surface area contributed by atoms with E-state index in [1.165, 1.54) is 0 Å². The maximum Gasteiger partial charge on any atom is 0.266 e. The third-order valence-corrected chi connectivity index (χ3v) is 5.31. The minimum Gasteiger partial charge on any atom is -0.497 e. The van der Waals surface area contributed by atoms with Crippen LogP contribution in [0.15, 0.2) is 47.5 Å². The second kappa shape index (κ2) is 7.04. The largest absolute Gasteiger partial charge is 0.497 e. The number of nitrogens with one attached hydrogen (secondary N) is 3. The number of aromatic nitrogens is 3. The molecule has 0 unspecified atom stereocenters. The van der Waals surface area contributed by atoms with Gasteiger partial charge in [0.2, 0.25) is 0 Å².